The molecule has 0 aliphatic carbocycles. The number of aromatic nitrogens is 3. The maximum absolute atomic E-state index is 12.5. The average molecular weight is 425 g/mol. The van der Waals surface area contributed by atoms with Gasteiger partial charge in [-0.15, -0.1) is 0 Å². The van der Waals surface area contributed by atoms with E-state index in [4.69, 9.17) is 11.6 Å². The second-order valence-electron chi connectivity index (χ2n) is 6.91. The first-order valence-electron chi connectivity index (χ1n) is 9.61. The van der Waals surface area contributed by atoms with Gasteiger partial charge in [0.2, 0.25) is 5.91 Å². The van der Waals surface area contributed by atoms with Gasteiger partial charge < -0.3 is 15.1 Å². The molecule has 154 valence electrons. The van der Waals surface area contributed by atoms with E-state index in [2.05, 4.69) is 20.2 Å². The van der Waals surface area contributed by atoms with Gasteiger partial charge in [-0.1, -0.05) is 17.7 Å². The van der Waals surface area contributed by atoms with Crippen molar-refractivity contribution in [3.63, 3.8) is 0 Å². The molecule has 0 unspecified atom stereocenters. The van der Waals surface area contributed by atoms with Crippen molar-refractivity contribution in [2.75, 3.05) is 37.6 Å². The lowest BCUT2D eigenvalue weighted by molar-refractivity contribution is -0.130. The molecular formula is C21H21ClN6O2. The number of pyridine rings is 1. The molecule has 8 nitrogen and oxygen atoms in total. The van der Waals surface area contributed by atoms with Crippen molar-refractivity contribution < 1.29 is 9.59 Å². The first-order valence-corrected chi connectivity index (χ1v) is 9.99. The van der Waals surface area contributed by atoms with Gasteiger partial charge in [-0.25, -0.2) is 9.97 Å². The minimum absolute atomic E-state index is 0.0424. The number of nitrogens with zero attached hydrogens (tertiary/aromatic N) is 5. The monoisotopic (exact) mass is 424 g/mol. The summed E-state index contributed by atoms with van der Waals surface area (Å²) in [7, 11) is 0. The fourth-order valence-electron chi connectivity index (χ4n) is 3.32. The molecule has 1 fully saturated rings. The third-order valence-corrected chi connectivity index (χ3v) is 5.22. The van der Waals surface area contributed by atoms with Crippen molar-refractivity contribution >= 4 is 29.1 Å². The highest BCUT2D eigenvalue weighted by Gasteiger charge is 2.22. The first-order chi connectivity index (χ1) is 14.6. The second-order valence-corrected chi connectivity index (χ2v) is 7.34. The van der Waals surface area contributed by atoms with Crippen molar-refractivity contribution in [3.8, 4) is 5.82 Å². The summed E-state index contributed by atoms with van der Waals surface area (Å²) in [6.45, 7) is 2.60. The predicted octanol–water partition coefficient (Wildman–Crippen LogP) is 2.00. The van der Waals surface area contributed by atoms with Crippen molar-refractivity contribution in [3.05, 3.63) is 71.9 Å². The number of carbonyl (C=O) groups excluding carboxylic acids is 2. The Morgan fingerprint density at radius 1 is 1.10 bits per heavy atom. The van der Waals surface area contributed by atoms with Gasteiger partial charge in [0.05, 0.1) is 12.1 Å². The molecule has 1 N–H and O–H groups in total. The molecular weight excluding hydrogens is 404 g/mol. The number of hydrogen-bond donors (Lipinski definition) is 1. The molecule has 2 aromatic heterocycles. The number of rotatable bonds is 5. The van der Waals surface area contributed by atoms with Gasteiger partial charge in [0.1, 0.15) is 12.1 Å². The lowest BCUT2D eigenvalue weighted by Crippen LogP contribution is -2.51. The summed E-state index contributed by atoms with van der Waals surface area (Å²) in [4.78, 5) is 37.0. The van der Waals surface area contributed by atoms with Crippen LogP contribution in [-0.2, 0) is 4.79 Å². The van der Waals surface area contributed by atoms with Crippen molar-refractivity contribution in [2.45, 2.75) is 0 Å². The fraction of sp³-hybridized carbons (Fsp3) is 0.238. The maximum atomic E-state index is 12.5. The molecule has 1 aliphatic rings. The molecule has 3 aromatic rings. The fourth-order valence-corrected chi connectivity index (χ4v) is 3.51. The zero-order valence-corrected chi connectivity index (χ0v) is 17.0. The molecule has 2 amide bonds. The van der Waals surface area contributed by atoms with Crippen LogP contribution in [0.25, 0.3) is 5.82 Å². The third-order valence-electron chi connectivity index (χ3n) is 4.98. The number of halogens is 1. The normalized spacial score (nSPS) is 13.9. The minimum atomic E-state index is -0.328. The molecule has 0 bridgehead atoms. The number of imidazole rings is 1. The smallest absolute Gasteiger partial charge is 0.253 e. The number of amides is 2. The van der Waals surface area contributed by atoms with E-state index < -0.39 is 0 Å². The van der Waals surface area contributed by atoms with Crippen LogP contribution in [0.1, 0.15) is 10.4 Å². The number of hydrogen-bond acceptors (Lipinski definition) is 5. The Kier molecular flexibility index (Phi) is 5.94. The van der Waals surface area contributed by atoms with Crippen molar-refractivity contribution in [1.29, 1.82) is 0 Å². The number of benzene rings is 1. The summed E-state index contributed by atoms with van der Waals surface area (Å²) in [5.41, 5.74) is 1.45. The van der Waals surface area contributed by atoms with Crippen LogP contribution < -0.4 is 10.2 Å². The summed E-state index contributed by atoms with van der Waals surface area (Å²) >= 11 is 6.06. The molecule has 30 heavy (non-hydrogen) atoms. The summed E-state index contributed by atoms with van der Waals surface area (Å²) < 4.78 is 1.74. The van der Waals surface area contributed by atoms with Gasteiger partial charge in [0, 0.05) is 55.5 Å². The van der Waals surface area contributed by atoms with E-state index in [1.165, 1.54) is 6.20 Å². The highest BCUT2D eigenvalue weighted by atomic mass is 35.5. The van der Waals surface area contributed by atoms with E-state index in [1.54, 1.807) is 40.3 Å². The summed E-state index contributed by atoms with van der Waals surface area (Å²) in [5.74, 6) is 0.236. The highest BCUT2D eigenvalue weighted by molar-refractivity contribution is 6.30. The minimum Gasteiger partial charge on any atom is -0.368 e. The molecule has 1 saturated heterocycles. The lowest BCUT2D eigenvalue weighted by atomic mass is 10.2. The predicted molar refractivity (Wildman–Crippen MR) is 114 cm³/mol. The second kappa shape index (κ2) is 8.96. The van der Waals surface area contributed by atoms with E-state index in [1.807, 2.05) is 24.3 Å². The number of carbonyl (C=O) groups is 2. The van der Waals surface area contributed by atoms with Crippen molar-refractivity contribution in [1.82, 2.24) is 24.8 Å². The van der Waals surface area contributed by atoms with Crippen molar-refractivity contribution in [2.24, 2.45) is 0 Å². The van der Waals surface area contributed by atoms with E-state index >= 15 is 0 Å². The largest absolute Gasteiger partial charge is 0.368 e. The molecule has 0 atom stereocenters. The Morgan fingerprint density at radius 3 is 2.60 bits per heavy atom. The third kappa shape index (κ3) is 4.60. The van der Waals surface area contributed by atoms with Gasteiger partial charge in [-0.2, -0.15) is 0 Å². The van der Waals surface area contributed by atoms with E-state index in [9.17, 15) is 9.59 Å². The Morgan fingerprint density at radius 2 is 1.93 bits per heavy atom. The van der Waals surface area contributed by atoms with Crippen LogP contribution >= 0.6 is 11.6 Å². The lowest BCUT2D eigenvalue weighted by Gasteiger charge is -2.36. The molecule has 1 aliphatic heterocycles. The first kappa shape index (κ1) is 19.9. The van der Waals surface area contributed by atoms with Crippen LogP contribution in [0.4, 0.5) is 5.69 Å². The summed E-state index contributed by atoms with van der Waals surface area (Å²) in [6.07, 6.45) is 6.54. The Labute approximate surface area is 179 Å². The molecule has 0 spiro atoms. The van der Waals surface area contributed by atoms with Crippen LogP contribution in [0, 0.1) is 0 Å². The average Bonchev–Trinajstić information content (AvgIpc) is 3.32. The summed E-state index contributed by atoms with van der Waals surface area (Å²) in [6, 6.07) is 11.1. The Hall–Kier alpha value is -3.39. The quantitative estimate of drug-likeness (QED) is 0.677. The zero-order valence-electron chi connectivity index (χ0n) is 16.2. The van der Waals surface area contributed by atoms with Gasteiger partial charge in [-0.3, -0.25) is 14.2 Å². The molecule has 0 radical (unpaired) electrons. The van der Waals surface area contributed by atoms with Crippen LogP contribution in [0.15, 0.2) is 61.3 Å². The van der Waals surface area contributed by atoms with Crippen LogP contribution in [0.3, 0.4) is 0 Å². The van der Waals surface area contributed by atoms with Gasteiger partial charge in [0.25, 0.3) is 5.91 Å². The number of nitrogens with one attached hydrogen (secondary N) is 1. The molecule has 4 rings (SSSR count). The molecule has 1 aromatic carbocycles. The topological polar surface area (TPSA) is 83.4 Å². The molecule has 3 heterocycles. The van der Waals surface area contributed by atoms with Crippen LogP contribution in [0.2, 0.25) is 5.02 Å². The molecule has 9 heteroatoms. The Bertz CT molecular complexity index is 1010. The van der Waals surface area contributed by atoms with E-state index in [0.29, 0.717) is 29.5 Å². The maximum Gasteiger partial charge on any atom is 0.253 e. The van der Waals surface area contributed by atoms with Gasteiger partial charge in [0.15, 0.2) is 0 Å². The zero-order chi connectivity index (χ0) is 20.9. The van der Waals surface area contributed by atoms with Crippen LogP contribution in [0.5, 0.6) is 0 Å². The van der Waals surface area contributed by atoms with Gasteiger partial charge >= 0.3 is 0 Å². The number of anilines is 1. The number of piperazine rings is 1. The van der Waals surface area contributed by atoms with Gasteiger partial charge in [-0.05, 0) is 30.3 Å². The standard InChI is InChI=1S/C21H21ClN6O2/c22-17-2-1-3-18(12-17)26-8-10-27(11-9-26)20(29)14-25-21(30)16-4-5-19(24-13-16)28-7-6-23-15-28/h1-7,12-13,15H,8-11,14H2,(H,25,30). The van der Waals surface area contributed by atoms with Crippen LogP contribution in [-0.4, -0.2) is 64.0 Å². The highest BCUT2D eigenvalue weighted by Crippen LogP contribution is 2.20. The SMILES string of the molecule is O=C(NCC(=O)N1CCN(c2cccc(Cl)c2)CC1)c1ccc(-n2ccnc2)nc1. The molecule has 0 saturated carbocycles. The summed E-state index contributed by atoms with van der Waals surface area (Å²) in [5, 5.41) is 3.38. The Balaban J connectivity index is 1.26. The van der Waals surface area contributed by atoms with E-state index in [-0.39, 0.29) is 18.4 Å². The van der Waals surface area contributed by atoms with E-state index in [0.717, 1.165) is 18.8 Å².